The predicted octanol–water partition coefficient (Wildman–Crippen LogP) is 8.28. The first kappa shape index (κ1) is 31.9. The van der Waals surface area contributed by atoms with E-state index in [1.54, 1.807) is 14.2 Å². The van der Waals surface area contributed by atoms with Crippen LogP contribution in [0, 0.1) is 0 Å². The maximum absolute atomic E-state index is 6.47. The van der Waals surface area contributed by atoms with Gasteiger partial charge < -0.3 is 20.1 Å². The molecule has 0 saturated heterocycles. The first-order valence-corrected chi connectivity index (χ1v) is 15.4. The van der Waals surface area contributed by atoms with Gasteiger partial charge in [-0.05, 0) is 111 Å². The average molecular weight is 606 g/mol. The number of aryl methyl sites for hydroxylation is 2. The van der Waals surface area contributed by atoms with Crippen molar-refractivity contribution in [3.63, 3.8) is 0 Å². The summed E-state index contributed by atoms with van der Waals surface area (Å²) in [4.78, 5) is 0. The van der Waals surface area contributed by atoms with Crippen molar-refractivity contribution < 1.29 is 9.47 Å². The van der Waals surface area contributed by atoms with E-state index in [1.165, 1.54) is 22.3 Å². The lowest BCUT2D eigenvalue weighted by atomic mass is 9.77. The number of methoxy groups -OCH3 is 2. The second kappa shape index (κ2) is 16.0. The van der Waals surface area contributed by atoms with Crippen LogP contribution in [0.2, 0.25) is 10.0 Å². The summed E-state index contributed by atoms with van der Waals surface area (Å²) in [5, 5.41) is 9.54. The van der Waals surface area contributed by atoms with E-state index < -0.39 is 5.54 Å². The lowest BCUT2D eigenvalue weighted by Crippen LogP contribution is -2.58. The minimum Gasteiger partial charge on any atom is -0.497 e. The summed E-state index contributed by atoms with van der Waals surface area (Å²) >= 11 is 12.9. The van der Waals surface area contributed by atoms with E-state index in [0.717, 1.165) is 66.7 Å². The molecule has 0 aliphatic heterocycles. The molecule has 0 amide bonds. The summed E-state index contributed by atoms with van der Waals surface area (Å²) in [6, 6.07) is 33.1. The minimum absolute atomic E-state index is 0.0855. The lowest BCUT2D eigenvalue weighted by molar-refractivity contribution is 0.240. The zero-order chi connectivity index (χ0) is 29.8. The van der Waals surface area contributed by atoms with E-state index in [1.807, 2.05) is 48.5 Å². The monoisotopic (exact) mass is 604 g/mol. The van der Waals surface area contributed by atoms with Crippen LogP contribution in [0.3, 0.4) is 0 Å². The van der Waals surface area contributed by atoms with Crippen molar-refractivity contribution in [2.45, 2.75) is 50.6 Å². The number of nitrogens with one attached hydrogen (secondary N) is 2. The van der Waals surface area contributed by atoms with Gasteiger partial charge in [-0.2, -0.15) is 0 Å². The van der Waals surface area contributed by atoms with Crippen LogP contribution in [0.15, 0.2) is 97.1 Å². The van der Waals surface area contributed by atoms with Crippen LogP contribution in [0.1, 0.15) is 42.0 Å². The summed E-state index contributed by atoms with van der Waals surface area (Å²) < 4.78 is 11.3. The maximum atomic E-state index is 6.47. The van der Waals surface area contributed by atoms with Crippen LogP contribution in [0.4, 0.5) is 0 Å². The molecule has 4 rings (SSSR count). The van der Waals surface area contributed by atoms with Gasteiger partial charge in [0.2, 0.25) is 0 Å². The van der Waals surface area contributed by atoms with Crippen LogP contribution in [0.25, 0.3) is 0 Å². The molecule has 4 aromatic rings. The molecule has 2 N–H and O–H groups in total. The summed E-state index contributed by atoms with van der Waals surface area (Å²) in [6.07, 6.45) is 4.52. The summed E-state index contributed by atoms with van der Waals surface area (Å²) in [6.45, 7) is 3.95. The summed E-state index contributed by atoms with van der Waals surface area (Å²) in [5.41, 5.74) is 4.30. The van der Waals surface area contributed by atoms with Crippen LogP contribution in [-0.4, -0.2) is 33.4 Å². The number of ether oxygens (including phenoxy) is 2. The first-order chi connectivity index (χ1) is 20.4. The first-order valence-electron chi connectivity index (χ1n) is 14.7. The van der Waals surface area contributed by atoms with E-state index in [0.29, 0.717) is 0 Å². The summed E-state index contributed by atoms with van der Waals surface area (Å²) in [5.74, 6) is 1.69. The highest BCUT2D eigenvalue weighted by atomic mass is 35.5. The van der Waals surface area contributed by atoms with Crippen molar-refractivity contribution in [3.05, 3.63) is 129 Å². The van der Waals surface area contributed by atoms with Gasteiger partial charge in [-0.3, -0.25) is 0 Å². The van der Waals surface area contributed by atoms with Crippen molar-refractivity contribution in [3.8, 4) is 11.5 Å². The Labute approximate surface area is 261 Å². The van der Waals surface area contributed by atoms with Crippen LogP contribution >= 0.6 is 23.2 Å². The Balaban J connectivity index is 1.60. The Bertz CT molecular complexity index is 1410. The van der Waals surface area contributed by atoms with Gasteiger partial charge in [0, 0.05) is 16.1 Å². The van der Waals surface area contributed by atoms with Crippen molar-refractivity contribution in [2.75, 3.05) is 27.3 Å². The molecule has 0 fully saturated rings. The van der Waals surface area contributed by atoms with Gasteiger partial charge in [0.15, 0.2) is 0 Å². The molecule has 4 aromatic carbocycles. The fraction of sp³-hybridized carbons (Fsp3) is 0.333. The zero-order valence-electron chi connectivity index (χ0n) is 24.8. The molecule has 0 aliphatic rings. The summed E-state index contributed by atoms with van der Waals surface area (Å²) in [7, 11) is 3.43. The Morgan fingerprint density at radius 3 is 1.88 bits per heavy atom. The van der Waals surface area contributed by atoms with Crippen LogP contribution in [0.5, 0.6) is 11.5 Å². The van der Waals surface area contributed by atoms with Crippen molar-refractivity contribution >= 4 is 23.2 Å². The lowest BCUT2D eigenvalue weighted by Gasteiger charge is -2.42. The van der Waals surface area contributed by atoms with E-state index in [4.69, 9.17) is 32.7 Å². The maximum Gasteiger partial charge on any atom is 0.119 e. The highest BCUT2D eigenvalue weighted by Crippen LogP contribution is 2.33. The Kier molecular flexibility index (Phi) is 12.2. The van der Waals surface area contributed by atoms with Gasteiger partial charge in [0.1, 0.15) is 11.5 Å². The average Bonchev–Trinajstić information content (AvgIpc) is 3.02. The molecule has 0 bridgehead atoms. The van der Waals surface area contributed by atoms with E-state index in [2.05, 4.69) is 66.1 Å². The van der Waals surface area contributed by atoms with Crippen molar-refractivity contribution in [1.82, 2.24) is 10.6 Å². The van der Waals surface area contributed by atoms with Crippen molar-refractivity contribution in [1.29, 1.82) is 0 Å². The van der Waals surface area contributed by atoms with E-state index >= 15 is 0 Å². The van der Waals surface area contributed by atoms with Crippen LogP contribution in [-0.2, 0) is 24.8 Å². The number of halogens is 2. The van der Waals surface area contributed by atoms with Gasteiger partial charge in [-0.25, -0.2) is 0 Å². The fourth-order valence-corrected chi connectivity index (χ4v) is 6.05. The molecule has 0 radical (unpaired) electrons. The topological polar surface area (TPSA) is 42.5 Å². The fourth-order valence-electron chi connectivity index (χ4n) is 5.59. The highest BCUT2D eigenvalue weighted by molar-refractivity contribution is 6.31. The Hall–Kier alpha value is -3.02. The predicted molar refractivity (Wildman–Crippen MR) is 176 cm³/mol. The molecule has 0 saturated carbocycles. The molecule has 2 atom stereocenters. The third-order valence-corrected chi connectivity index (χ3v) is 8.73. The molecule has 0 aliphatic carbocycles. The standard InChI is InChI=1S/C36H42Cl2N2O2/c1-27(39-22-10-15-29-13-4-6-20-34(29)37)36(31-17-9-19-33(25-31)42-3,26-28-12-8-18-32(24-28)41-2)40-23-11-16-30-14-5-7-21-35(30)38/h4-9,12-14,17-21,24-25,27,39-40H,10-11,15-16,22-23,26H2,1-3H3/t27-,36-/m0/s1. The molecule has 0 spiro atoms. The number of benzene rings is 4. The molecule has 222 valence electrons. The second-order valence-electron chi connectivity index (χ2n) is 10.7. The van der Waals surface area contributed by atoms with Gasteiger partial charge in [0.05, 0.1) is 19.8 Å². The molecule has 4 nitrogen and oxygen atoms in total. The Morgan fingerprint density at radius 2 is 1.26 bits per heavy atom. The number of hydrogen-bond donors (Lipinski definition) is 2. The third kappa shape index (κ3) is 8.52. The molecule has 42 heavy (non-hydrogen) atoms. The molecule has 0 heterocycles. The molecule has 6 heteroatoms. The largest absolute Gasteiger partial charge is 0.497 e. The molecule has 0 aromatic heterocycles. The number of rotatable bonds is 16. The van der Waals surface area contributed by atoms with Gasteiger partial charge in [0.25, 0.3) is 0 Å². The number of hydrogen-bond acceptors (Lipinski definition) is 4. The molecular formula is C36H42Cl2N2O2. The van der Waals surface area contributed by atoms with Gasteiger partial charge in [-0.1, -0.05) is 83.9 Å². The normalized spacial score (nSPS) is 13.4. The van der Waals surface area contributed by atoms with Gasteiger partial charge in [-0.15, -0.1) is 0 Å². The third-order valence-electron chi connectivity index (χ3n) is 7.99. The highest BCUT2D eigenvalue weighted by Gasteiger charge is 2.38. The SMILES string of the molecule is COc1cccc(C[C@@](NCCCc2ccccc2Cl)(c2cccc(OC)c2)[C@H](C)NCCCc2ccccc2Cl)c1. The zero-order valence-corrected chi connectivity index (χ0v) is 26.3. The minimum atomic E-state index is -0.425. The quantitative estimate of drug-likeness (QED) is 0.126. The smallest absolute Gasteiger partial charge is 0.119 e. The van der Waals surface area contributed by atoms with E-state index in [9.17, 15) is 0 Å². The Morgan fingerprint density at radius 1 is 0.690 bits per heavy atom. The van der Waals surface area contributed by atoms with Crippen LogP contribution < -0.4 is 20.1 Å². The molecular weight excluding hydrogens is 563 g/mol. The second-order valence-corrected chi connectivity index (χ2v) is 11.5. The van der Waals surface area contributed by atoms with Crippen molar-refractivity contribution in [2.24, 2.45) is 0 Å². The molecule has 0 unspecified atom stereocenters. The van der Waals surface area contributed by atoms with Gasteiger partial charge >= 0.3 is 0 Å². The van der Waals surface area contributed by atoms with E-state index in [-0.39, 0.29) is 6.04 Å².